The molecule has 1 unspecified atom stereocenters. The molecule has 2 aromatic rings. The molecule has 2 nitrogen and oxygen atoms in total. The molecule has 0 aromatic heterocycles. The van der Waals surface area contributed by atoms with E-state index < -0.39 is 0 Å². The summed E-state index contributed by atoms with van der Waals surface area (Å²) in [5.41, 5.74) is 3.19. The SMILES string of the molecule is COC1=CC(C)(c2ccccc2)Nc2ccccc21. The first-order valence-corrected chi connectivity index (χ1v) is 6.43. The second-order valence-corrected chi connectivity index (χ2v) is 4.95. The Morgan fingerprint density at radius 1 is 0.947 bits per heavy atom. The van der Waals surface area contributed by atoms with Gasteiger partial charge < -0.3 is 10.1 Å². The Bertz CT molecular complexity index is 618. The first-order valence-electron chi connectivity index (χ1n) is 6.43. The van der Waals surface area contributed by atoms with E-state index in [4.69, 9.17) is 4.74 Å². The molecular formula is C17H17NO. The molecule has 0 saturated carbocycles. The van der Waals surface area contributed by atoms with Crippen LogP contribution in [0.3, 0.4) is 0 Å². The molecule has 96 valence electrons. The third-order valence-electron chi connectivity index (χ3n) is 3.60. The molecule has 0 aliphatic carbocycles. The van der Waals surface area contributed by atoms with Gasteiger partial charge in [0, 0.05) is 11.3 Å². The predicted octanol–water partition coefficient (Wildman–Crippen LogP) is 4.01. The molecule has 1 aliphatic rings. The minimum absolute atomic E-state index is 0.249. The van der Waals surface area contributed by atoms with Crippen LogP contribution in [0.4, 0.5) is 5.69 Å². The van der Waals surface area contributed by atoms with E-state index in [9.17, 15) is 0 Å². The van der Waals surface area contributed by atoms with Gasteiger partial charge in [-0.3, -0.25) is 0 Å². The van der Waals surface area contributed by atoms with Crippen LogP contribution in [0.25, 0.3) is 5.76 Å². The predicted molar refractivity (Wildman–Crippen MR) is 78.8 cm³/mol. The fraction of sp³-hybridized carbons (Fsp3) is 0.176. The Kier molecular flexibility index (Phi) is 2.79. The minimum atomic E-state index is -0.249. The summed E-state index contributed by atoms with van der Waals surface area (Å²) in [6, 6.07) is 18.6. The van der Waals surface area contributed by atoms with Crippen molar-refractivity contribution in [1.82, 2.24) is 0 Å². The summed E-state index contributed by atoms with van der Waals surface area (Å²) >= 11 is 0. The highest BCUT2D eigenvalue weighted by Crippen LogP contribution is 2.38. The molecule has 2 heteroatoms. The Labute approximate surface area is 113 Å². The lowest BCUT2D eigenvalue weighted by Gasteiger charge is -2.35. The van der Waals surface area contributed by atoms with E-state index in [1.54, 1.807) is 7.11 Å². The second kappa shape index (κ2) is 4.47. The van der Waals surface area contributed by atoms with Crippen molar-refractivity contribution in [3.63, 3.8) is 0 Å². The van der Waals surface area contributed by atoms with Gasteiger partial charge in [0.25, 0.3) is 0 Å². The Morgan fingerprint density at radius 2 is 1.63 bits per heavy atom. The lowest BCUT2D eigenvalue weighted by atomic mass is 9.87. The van der Waals surface area contributed by atoms with Crippen molar-refractivity contribution >= 4 is 11.4 Å². The number of hydrogen-bond donors (Lipinski definition) is 1. The van der Waals surface area contributed by atoms with Crippen LogP contribution < -0.4 is 5.32 Å². The number of para-hydroxylation sites is 1. The number of ether oxygens (including phenoxy) is 1. The largest absolute Gasteiger partial charge is 0.496 e. The molecule has 0 amide bonds. The summed E-state index contributed by atoms with van der Waals surface area (Å²) in [5, 5.41) is 3.60. The zero-order chi connectivity index (χ0) is 13.3. The average Bonchev–Trinajstić information content (AvgIpc) is 2.47. The van der Waals surface area contributed by atoms with Crippen molar-refractivity contribution in [3.05, 3.63) is 71.8 Å². The van der Waals surface area contributed by atoms with Crippen LogP contribution >= 0.6 is 0 Å². The molecule has 0 saturated heterocycles. The number of fused-ring (bicyclic) bond motifs is 1. The third kappa shape index (κ3) is 1.99. The van der Waals surface area contributed by atoms with E-state index in [1.807, 2.05) is 18.2 Å². The first kappa shape index (κ1) is 11.8. The number of hydrogen-bond acceptors (Lipinski definition) is 2. The molecule has 1 heterocycles. The van der Waals surface area contributed by atoms with Crippen molar-refractivity contribution in [2.45, 2.75) is 12.5 Å². The van der Waals surface area contributed by atoms with Crippen LogP contribution in [-0.2, 0) is 10.3 Å². The molecule has 0 radical (unpaired) electrons. The van der Waals surface area contributed by atoms with E-state index in [-0.39, 0.29) is 5.54 Å². The molecule has 19 heavy (non-hydrogen) atoms. The van der Waals surface area contributed by atoms with E-state index in [2.05, 4.69) is 54.7 Å². The quantitative estimate of drug-likeness (QED) is 0.870. The van der Waals surface area contributed by atoms with Crippen molar-refractivity contribution < 1.29 is 4.74 Å². The highest BCUT2D eigenvalue weighted by molar-refractivity contribution is 5.78. The molecule has 1 N–H and O–H groups in total. The van der Waals surface area contributed by atoms with Crippen LogP contribution in [0.5, 0.6) is 0 Å². The monoisotopic (exact) mass is 251 g/mol. The lowest BCUT2D eigenvalue weighted by Crippen LogP contribution is -2.33. The molecule has 2 aromatic carbocycles. The maximum Gasteiger partial charge on any atom is 0.126 e. The van der Waals surface area contributed by atoms with Gasteiger partial charge in [-0.15, -0.1) is 0 Å². The fourth-order valence-corrected chi connectivity index (χ4v) is 2.57. The van der Waals surface area contributed by atoms with Crippen LogP contribution in [0.15, 0.2) is 60.7 Å². The highest BCUT2D eigenvalue weighted by atomic mass is 16.5. The zero-order valence-corrected chi connectivity index (χ0v) is 11.2. The molecule has 0 fully saturated rings. The maximum absolute atomic E-state index is 5.56. The van der Waals surface area contributed by atoms with Crippen molar-refractivity contribution in [3.8, 4) is 0 Å². The number of benzene rings is 2. The molecule has 1 atom stereocenters. The van der Waals surface area contributed by atoms with Crippen LogP contribution in [0, 0.1) is 0 Å². The Balaban J connectivity index is 2.13. The van der Waals surface area contributed by atoms with E-state index in [1.165, 1.54) is 5.56 Å². The topological polar surface area (TPSA) is 21.3 Å². The fourth-order valence-electron chi connectivity index (χ4n) is 2.57. The van der Waals surface area contributed by atoms with Gasteiger partial charge in [0.05, 0.1) is 12.6 Å². The number of methoxy groups -OCH3 is 1. The summed E-state index contributed by atoms with van der Waals surface area (Å²) < 4.78 is 5.56. The number of rotatable bonds is 2. The normalized spacial score (nSPS) is 21.1. The van der Waals surface area contributed by atoms with Crippen LogP contribution in [-0.4, -0.2) is 7.11 Å². The van der Waals surface area contributed by atoms with Gasteiger partial charge >= 0.3 is 0 Å². The Hall–Kier alpha value is -2.22. The molecule has 1 aliphatic heterocycles. The average molecular weight is 251 g/mol. The van der Waals surface area contributed by atoms with Gasteiger partial charge in [0.15, 0.2) is 0 Å². The second-order valence-electron chi connectivity index (χ2n) is 4.95. The lowest BCUT2D eigenvalue weighted by molar-refractivity contribution is 0.364. The van der Waals surface area contributed by atoms with Gasteiger partial charge in [0.2, 0.25) is 0 Å². The van der Waals surface area contributed by atoms with Crippen LogP contribution in [0.1, 0.15) is 18.1 Å². The van der Waals surface area contributed by atoms with Crippen LogP contribution in [0.2, 0.25) is 0 Å². The molecular weight excluding hydrogens is 234 g/mol. The van der Waals surface area contributed by atoms with Crippen molar-refractivity contribution in [2.75, 3.05) is 12.4 Å². The molecule has 3 rings (SSSR count). The standard InChI is InChI=1S/C17H17NO/c1-17(13-8-4-3-5-9-13)12-16(19-2)14-10-6-7-11-15(14)18-17/h3-12,18H,1-2H3. The maximum atomic E-state index is 5.56. The van der Waals surface area contributed by atoms with Gasteiger partial charge in [0.1, 0.15) is 5.76 Å². The third-order valence-corrected chi connectivity index (χ3v) is 3.60. The summed E-state index contributed by atoms with van der Waals surface area (Å²) in [4.78, 5) is 0. The molecule has 0 spiro atoms. The van der Waals surface area contributed by atoms with Gasteiger partial charge in [-0.2, -0.15) is 0 Å². The minimum Gasteiger partial charge on any atom is -0.496 e. The first-order chi connectivity index (χ1) is 9.23. The van der Waals surface area contributed by atoms with E-state index >= 15 is 0 Å². The summed E-state index contributed by atoms with van der Waals surface area (Å²) in [5.74, 6) is 0.917. The summed E-state index contributed by atoms with van der Waals surface area (Å²) in [6.45, 7) is 2.16. The van der Waals surface area contributed by atoms with Gasteiger partial charge in [-0.1, -0.05) is 42.5 Å². The van der Waals surface area contributed by atoms with Gasteiger partial charge in [-0.05, 0) is 30.7 Å². The smallest absolute Gasteiger partial charge is 0.126 e. The molecule has 0 bridgehead atoms. The Morgan fingerprint density at radius 3 is 2.37 bits per heavy atom. The number of nitrogens with one attached hydrogen (secondary N) is 1. The summed E-state index contributed by atoms with van der Waals surface area (Å²) in [6.07, 6.45) is 2.14. The zero-order valence-electron chi connectivity index (χ0n) is 11.2. The highest BCUT2D eigenvalue weighted by Gasteiger charge is 2.30. The van der Waals surface area contributed by atoms with Crippen molar-refractivity contribution in [1.29, 1.82) is 0 Å². The van der Waals surface area contributed by atoms with E-state index in [0.717, 1.165) is 17.0 Å². The van der Waals surface area contributed by atoms with Gasteiger partial charge in [-0.25, -0.2) is 0 Å². The number of anilines is 1. The van der Waals surface area contributed by atoms with E-state index in [0.29, 0.717) is 0 Å². The van der Waals surface area contributed by atoms with Crippen molar-refractivity contribution in [2.24, 2.45) is 0 Å². The summed E-state index contributed by atoms with van der Waals surface area (Å²) in [7, 11) is 1.72.